The molecule has 2 unspecified atom stereocenters. The minimum Gasteiger partial charge on any atom is -0.271 e. The Bertz CT molecular complexity index is 332. The molecule has 0 saturated heterocycles. The van der Waals surface area contributed by atoms with Crippen LogP contribution in [0.2, 0.25) is 0 Å². The predicted molar refractivity (Wildman–Crippen MR) is 65.9 cm³/mol. The van der Waals surface area contributed by atoms with E-state index in [-0.39, 0.29) is 0 Å². The fraction of sp³-hybridized carbons (Fsp3) is 0.500. The van der Waals surface area contributed by atoms with Crippen LogP contribution in [0.15, 0.2) is 24.1 Å². The van der Waals surface area contributed by atoms with Gasteiger partial charge >= 0.3 is 0 Å². The molecule has 1 heterocycles. The zero-order valence-electron chi connectivity index (χ0n) is 8.91. The zero-order chi connectivity index (χ0) is 10.7. The first-order valence-electron chi connectivity index (χ1n) is 5.50. The Balaban J connectivity index is 2.20. The molecule has 1 aliphatic rings. The third-order valence-corrected chi connectivity index (χ3v) is 4.22. The average molecular weight is 222 g/mol. The van der Waals surface area contributed by atoms with Crippen LogP contribution in [0.1, 0.15) is 35.6 Å². The summed E-state index contributed by atoms with van der Waals surface area (Å²) in [6, 6.07) is 2.60. The van der Waals surface area contributed by atoms with Crippen molar-refractivity contribution < 1.29 is 0 Å². The van der Waals surface area contributed by atoms with Crippen molar-refractivity contribution in [3.63, 3.8) is 0 Å². The van der Waals surface area contributed by atoms with E-state index in [0.717, 1.165) is 6.42 Å². The Labute approximate surface area is 95.2 Å². The maximum Gasteiger partial charge on any atom is 0.0313 e. The molecule has 0 aliphatic heterocycles. The number of nitrogens with two attached hydrogens (primary N) is 1. The Hall–Kier alpha value is -0.640. The van der Waals surface area contributed by atoms with E-state index >= 15 is 0 Å². The summed E-state index contributed by atoms with van der Waals surface area (Å²) < 4.78 is 0. The molecule has 0 radical (unpaired) electrons. The summed E-state index contributed by atoms with van der Waals surface area (Å²) in [6.07, 6.45) is 6.66. The number of hydrogen-bond acceptors (Lipinski definition) is 3. The van der Waals surface area contributed by atoms with Crippen molar-refractivity contribution in [3.05, 3.63) is 34.5 Å². The van der Waals surface area contributed by atoms with Crippen molar-refractivity contribution in [2.45, 2.75) is 37.6 Å². The zero-order valence-corrected chi connectivity index (χ0v) is 9.72. The number of rotatable bonds is 4. The molecule has 0 fully saturated rings. The minimum atomic E-state index is 0.344. The van der Waals surface area contributed by atoms with Crippen molar-refractivity contribution in [1.29, 1.82) is 0 Å². The summed E-state index contributed by atoms with van der Waals surface area (Å²) in [5, 5.41) is 2.20. The Morgan fingerprint density at radius 1 is 1.73 bits per heavy atom. The fourth-order valence-corrected chi connectivity index (χ4v) is 3.46. The molecule has 0 saturated carbocycles. The van der Waals surface area contributed by atoms with E-state index < -0.39 is 0 Å². The third kappa shape index (κ3) is 2.14. The van der Waals surface area contributed by atoms with Crippen LogP contribution >= 0.6 is 11.3 Å². The molecule has 1 aliphatic carbocycles. The van der Waals surface area contributed by atoms with Gasteiger partial charge in [0.15, 0.2) is 0 Å². The van der Waals surface area contributed by atoms with Gasteiger partial charge in [-0.15, -0.1) is 17.9 Å². The van der Waals surface area contributed by atoms with Gasteiger partial charge in [-0.05, 0) is 42.7 Å². The molecule has 82 valence electrons. The van der Waals surface area contributed by atoms with Gasteiger partial charge in [0.2, 0.25) is 0 Å². The van der Waals surface area contributed by atoms with Gasteiger partial charge in [0.25, 0.3) is 0 Å². The lowest BCUT2D eigenvalue weighted by atomic mass is 9.81. The van der Waals surface area contributed by atoms with Gasteiger partial charge < -0.3 is 0 Å². The van der Waals surface area contributed by atoms with E-state index in [2.05, 4.69) is 23.5 Å². The minimum absolute atomic E-state index is 0.344. The van der Waals surface area contributed by atoms with Crippen LogP contribution in [0.3, 0.4) is 0 Å². The SMILES string of the molecule is C=CCC(NN)C1CCCc2sccc21. The van der Waals surface area contributed by atoms with Crippen LogP contribution in [0.25, 0.3) is 0 Å². The van der Waals surface area contributed by atoms with Crippen LogP contribution in [-0.2, 0) is 6.42 Å². The van der Waals surface area contributed by atoms with Gasteiger partial charge in [-0.1, -0.05) is 6.08 Å². The van der Waals surface area contributed by atoms with E-state index in [1.165, 1.54) is 24.8 Å². The van der Waals surface area contributed by atoms with Crippen LogP contribution in [0, 0.1) is 0 Å². The lowest BCUT2D eigenvalue weighted by Crippen LogP contribution is -2.40. The molecule has 0 spiro atoms. The molecule has 0 aromatic carbocycles. The standard InChI is InChI=1S/C12H18N2S/c1-2-4-11(14-13)9-5-3-6-12-10(9)7-8-15-12/h2,7-9,11,14H,1,3-6,13H2. The number of thiophene rings is 1. The lowest BCUT2D eigenvalue weighted by molar-refractivity contribution is 0.402. The Morgan fingerprint density at radius 3 is 3.33 bits per heavy atom. The van der Waals surface area contributed by atoms with Gasteiger partial charge in [-0.3, -0.25) is 11.3 Å². The predicted octanol–water partition coefficient (Wildman–Crippen LogP) is 2.58. The number of fused-ring (bicyclic) bond motifs is 1. The highest BCUT2D eigenvalue weighted by Gasteiger charge is 2.27. The van der Waals surface area contributed by atoms with Crippen molar-refractivity contribution in [1.82, 2.24) is 5.43 Å². The van der Waals surface area contributed by atoms with Gasteiger partial charge in [0, 0.05) is 16.8 Å². The first-order valence-corrected chi connectivity index (χ1v) is 6.38. The number of hydrogen-bond donors (Lipinski definition) is 2. The van der Waals surface area contributed by atoms with Gasteiger partial charge in [0.05, 0.1) is 0 Å². The second-order valence-electron chi connectivity index (χ2n) is 4.10. The van der Waals surface area contributed by atoms with Gasteiger partial charge in [-0.2, -0.15) is 0 Å². The van der Waals surface area contributed by atoms with Crippen LogP contribution in [-0.4, -0.2) is 6.04 Å². The van der Waals surface area contributed by atoms with Crippen molar-refractivity contribution in [3.8, 4) is 0 Å². The summed E-state index contributed by atoms with van der Waals surface area (Å²) >= 11 is 1.88. The molecule has 2 nitrogen and oxygen atoms in total. The first kappa shape index (κ1) is 10.9. The Morgan fingerprint density at radius 2 is 2.60 bits per heavy atom. The molecule has 15 heavy (non-hydrogen) atoms. The number of aryl methyl sites for hydroxylation is 1. The first-order chi connectivity index (χ1) is 7.36. The second kappa shape index (κ2) is 4.92. The Kier molecular flexibility index (Phi) is 3.57. The van der Waals surface area contributed by atoms with Crippen molar-refractivity contribution >= 4 is 11.3 Å². The molecular weight excluding hydrogens is 204 g/mol. The van der Waals surface area contributed by atoms with E-state index in [0.29, 0.717) is 12.0 Å². The number of nitrogens with one attached hydrogen (secondary N) is 1. The lowest BCUT2D eigenvalue weighted by Gasteiger charge is -2.29. The van der Waals surface area contributed by atoms with E-state index in [9.17, 15) is 0 Å². The van der Waals surface area contributed by atoms with Crippen LogP contribution < -0.4 is 11.3 Å². The molecule has 3 N–H and O–H groups in total. The normalized spacial score (nSPS) is 22.1. The molecule has 2 atom stereocenters. The highest BCUT2D eigenvalue weighted by atomic mass is 32.1. The summed E-state index contributed by atoms with van der Waals surface area (Å²) in [7, 11) is 0. The maximum absolute atomic E-state index is 5.62. The van der Waals surface area contributed by atoms with Gasteiger partial charge in [-0.25, -0.2) is 0 Å². The van der Waals surface area contributed by atoms with Crippen molar-refractivity contribution in [2.24, 2.45) is 5.84 Å². The van der Waals surface area contributed by atoms with Gasteiger partial charge in [0.1, 0.15) is 0 Å². The van der Waals surface area contributed by atoms with E-state index in [4.69, 9.17) is 5.84 Å². The fourth-order valence-electron chi connectivity index (χ4n) is 2.47. The summed E-state index contributed by atoms with van der Waals surface area (Å²) in [4.78, 5) is 1.55. The molecular formula is C12H18N2S. The molecule has 0 bridgehead atoms. The monoisotopic (exact) mass is 222 g/mol. The summed E-state index contributed by atoms with van der Waals surface area (Å²) in [5.41, 5.74) is 4.45. The average Bonchev–Trinajstić information content (AvgIpc) is 2.73. The molecule has 1 aromatic heterocycles. The quantitative estimate of drug-likeness (QED) is 0.467. The summed E-state index contributed by atoms with van der Waals surface area (Å²) in [6.45, 7) is 3.79. The van der Waals surface area contributed by atoms with Crippen LogP contribution in [0.4, 0.5) is 0 Å². The van der Waals surface area contributed by atoms with E-state index in [1.807, 2.05) is 17.4 Å². The third-order valence-electron chi connectivity index (χ3n) is 3.22. The maximum atomic E-state index is 5.62. The molecule has 2 rings (SSSR count). The van der Waals surface area contributed by atoms with Crippen LogP contribution in [0.5, 0.6) is 0 Å². The number of hydrazine groups is 1. The molecule has 1 aromatic rings. The molecule has 0 amide bonds. The largest absolute Gasteiger partial charge is 0.271 e. The highest BCUT2D eigenvalue weighted by molar-refractivity contribution is 7.10. The topological polar surface area (TPSA) is 38.0 Å². The van der Waals surface area contributed by atoms with E-state index in [1.54, 1.807) is 4.88 Å². The summed E-state index contributed by atoms with van der Waals surface area (Å²) in [5.74, 6) is 6.19. The molecule has 3 heteroatoms. The highest BCUT2D eigenvalue weighted by Crippen LogP contribution is 2.37. The second-order valence-corrected chi connectivity index (χ2v) is 5.10. The van der Waals surface area contributed by atoms with Crippen molar-refractivity contribution in [2.75, 3.05) is 0 Å². The smallest absolute Gasteiger partial charge is 0.0313 e.